The Kier molecular flexibility index (Phi) is 25.2. The summed E-state index contributed by atoms with van der Waals surface area (Å²) < 4.78 is 28.7. The summed E-state index contributed by atoms with van der Waals surface area (Å²) in [4.78, 5) is 39.8. The molecule has 9 heteroatoms. The van der Waals surface area contributed by atoms with Crippen molar-refractivity contribution in [1.82, 2.24) is 0 Å². The Morgan fingerprint density at radius 1 is 0.439 bits per heavy atom. The van der Waals surface area contributed by atoms with Gasteiger partial charge < -0.3 is 23.7 Å². The third kappa shape index (κ3) is 20.4. The molecule has 0 bridgehead atoms. The normalized spacial score (nSPS) is 10.9. The molecule has 0 fully saturated rings. The monoisotopic (exact) mass is 850 g/mol. The second kappa shape index (κ2) is 30.3. The van der Waals surface area contributed by atoms with E-state index in [2.05, 4.69) is 29.8 Å². The lowest BCUT2D eigenvalue weighted by Gasteiger charge is -2.13. The maximum atomic E-state index is 13.4. The van der Waals surface area contributed by atoms with Crippen molar-refractivity contribution < 1.29 is 38.1 Å². The average molecular weight is 852 g/mol. The molecule has 0 heterocycles. The number of carbonyl (C=O) groups excluding carboxylic acids is 3. The molecule has 0 aliphatic heterocycles. The van der Waals surface area contributed by atoms with Gasteiger partial charge in [0.25, 0.3) is 0 Å². The predicted molar refractivity (Wildman–Crippen MR) is 233 cm³/mol. The number of alkyl halides is 1. The van der Waals surface area contributed by atoms with Crippen molar-refractivity contribution in [3.63, 3.8) is 0 Å². The van der Waals surface area contributed by atoms with Gasteiger partial charge in [-0.25, -0.2) is 14.4 Å². The summed E-state index contributed by atoms with van der Waals surface area (Å²) in [6.45, 7) is 5.90. The van der Waals surface area contributed by atoms with Gasteiger partial charge in [0.1, 0.15) is 28.6 Å². The molecule has 3 aromatic rings. The van der Waals surface area contributed by atoms with Crippen molar-refractivity contribution in [2.24, 2.45) is 0 Å². The summed E-state index contributed by atoms with van der Waals surface area (Å²) >= 11 is 3.48. The molecule has 8 nitrogen and oxygen atoms in total. The lowest BCUT2D eigenvalue weighted by Crippen LogP contribution is -2.14. The lowest BCUT2D eigenvalue weighted by molar-refractivity contribution is 0.0490. The molecule has 0 aliphatic rings. The number of hydrogen-bond donors (Lipinski definition) is 0. The second-order valence-corrected chi connectivity index (χ2v) is 15.5. The van der Waals surface area contributed by atoms with E-state index in [9.17, 15) is 14.4 Å². The van der Waals surface area contributed by atoms with Crippen molar-refractivity contribution in [2.45, 2.75) is 149 Å². The van der Waals surface area contributed by atoms with Crippen LogP contribution in [0.3, 0.4) is 0 Å². The fourth-order valence-corrected chi connectivity index (χ4v) is 6.74. The quantitative estimate of drug-likeness (QED) is 0.0265. The fourth-order valence-electron chi connectivity index (χ4n) is 6.34. The first-order valence-corrected chi connectivity index (χ1v) is 22.8. The number of unbranched alkanes of at least 4 members (excludes halogenated alkanes) is 18. The van der Waals surface area contributed by atoms with Crippen LogP contribution in [-0.2, 0) is 4.74 Å². The van der Waals surface area contributed by atoms with Crippen LogP contribution in [-0.4, -0.2) is 43.1 Å². The maximum Gasteiger partial charge on any atom is 0.343 e. The van der Waals surface area contributed by atoms with Crippen LogP contribution in [0.25, 0.3) is 0 Å². The Balaban J connectivity index is 1.59. The zero-order chi connectivity index (χ0) is 40.8. The van der Waals surface area contributed by atoms with Crippen molar-refractivity contribution in [2.75, 3.05) is 25.2 Å². The maximum absolute atomic E-state index is 13.4. The van der Waals surface area contributed by atoms with Gasteiger partial charge in [-0.1, -0.05) is 139 Å². The number of esters is 3. The predicted octanol–water partition coefficient (Wildman–Crippen LogP) is 13.7. The SMILES string of the molecule is CCCCCCCCOc1ccc(C(=O)Oc2ccc(OC(=O)c3ccc(OCCCCCCCC)cc3)c(C(=O)OCCCCCCCCCCCBr)c2)cc1. The Hall–Kier alpha value is -3.85. The minimum absolute atomic E-state index is 0.00513. The van der Waals surface area contributed by atoms with Gasteiger partial charge in [0.05, 0.1) is 30.9 Å². The van der Waals surface area contributed by atoms with Crippen LogP contribution in [0.15, 0.2) is 66.7 Å². The van der Waals surface area contributed by atoms with Crippen LogP contribution < -0.4 is 18.9 Å². The van der Waals surface area contributed by atoms with E-state index in [4.69, 9.17) is 23.7 Å². The molecule has 314 valence electrons. The van der Waals surface area contributed by atoms with Crippen molar-refractivity contribution in [3.8, 4) is 23.0 Å². The average Bonchev–Trinajstić information content (AvgIpc) is 3.23. The topological polar surface area (TPSA) is 97.4 Å². The molecule has 0 aliphatic carbocycles. The zero-order valence-electron chi connectivity index (χ0n) is 34.7. The Morgan fingerprint density at radius 2 is 0.842 bits per heavy atom. The zero-order valence-corrected chi connectivity index (χ0v) is 36.3. The summed E-state index contributed by atoms with van der Waals surface area (Å²) in [5.74, 6) is -0.389. The van der Waals surface area contributed by atoms with Crippen molar-refractivity contribution in [3.05, 3.63) is 83.4 Å². The highest BCUT2D eigenvalue weighted by Crippen LogP contribution is 2.28. The molecule has 0 unspecified atom stereocenters. The van der Waals surface area contributed by atoms with Gasteiger partial charge in [-0.15, -0.1) is 0 Å². The number of halogens is 1. The third-order valence-electron chi connectivity index (χ3n) is 9.81. The van der Waals surface area contributed by atoms with Gasteiger partial charge in [-0.3, -0.25) is 0 Å². The van der Waals surface area contributed by atoms with Crippen molar-refractivity contribution >= 4 is 33.8 Å². The highest BCUT2D eigenvalue weighted by atomic mass is 79.9. The molecular formula is C48H67BrO8. The van der Waals surface area contributed by atoms with E-state index in [1.807, 2.05) is 0 Å². The van der Waals surface area contributed by atoms with E-state index in [1.165, 1.54) is 102 Å². The van der Waals surface area contributed by atoms with Crippen LogP contribution in [0.1, 0.15) is 180 Å². The first-order chi connectivity index (χ1) is 27.9. The van der Waals surface area contributed by atoms with Crippen LogP contribution in [0.2, 0.25) is 0 Å². The number of hydrogen-bond acceptors (Lipinski definition) is 8. The van der Waals surface area contributed by atoms with Gasteiger partial charge in [0.15, 0.2) is 0 Å². The van der Waals surface area contributed by atoms with E-state index >= 15 is 0 Å². The Morgan fingerprint density at radius 3 is 1.32 bits per heavy atom. The molecule has 3 aromatic carbocycles. The summed E-state index contributed by atoms with van der Waals surface area (Å²) in [7, 11) is 0. The van der Waals surface area contributed by atoms with E-state index in [-0.39, 0.29) is 23.7 Å². The molecule has 0 spiro atoms. The van der Waals surface area contributed by atoms with Crippen LogP contribution >= 0.6 is 15.9 Å². The van der Waals surface area contributed by atoms with Crippen LogP contribution in [0.4, 0.5) is 0 Å². The van der Waals surface area contributed by atoms with E-state index in [1.54, 1.807) is 48.5 Å². The van der Waals surface area contributed by atoms with Gasteiger partial charge in [0.2, 0.25) is 0 Å². The Bertz CT molecular complexity index is 1540. The third-order valence-corrected chi connectivity index (χ3v) is 10.4. The summed E-state index contributed by atoms with van der Waals surface area (Å²) in [6, 6.07) is 17.9. The molecule has 0 aromatic heterocycles. The minimum Gasteiger partial charge on any atom is -0.494 e. The van der Waals surface area contributed by atoms with E-state index < -0.39 is 17.9 Å². The lowest BCUT2D eigenvalue weighted by atomic mass is 10.1. The highest BCUT2D eigenvalue weighted by molar-refractivity contribution is 9.09. The summed E-state index contributed by atoms with van der Waals surface area (Å²) in [6.07, 6.45) is 24.3. The van der Waals surface area contributed by atoms with E-state index in [0.29, 0.717) is 35.8 Å². The number of carbonyl (C=O) groups is 3. The van der Waals surface area contributed by atoms with Gasteiger partial charge in [-0.05, 0) is 92.4 Å². The van der Waals surface area contributed by atoms with Crippen molar-refractivity contribution in [1.29, 1.82) is 0 Å². The van der Waals surface area contributed by atoms with Crippen LogP contribution in [0.5, 0.6) is 23.0 Å². The van der Waals surface area contributed by atoms with E-state index in [0.717, 1.165) is 56.7 Å². The number of ether oxygens (including phenoxy) is 5. The highest BCUT2D eigenvalue weighted by Gasteiger charge is 2.21. The first-order valence-electron chi connectivity index (χ1n) is 21.7. The largest absolute Gasteiger partial charge is 0.494 e. The summed E-state index contributed by atoms with van der Waals surface area (Å²) in [5, 5.41) is 1.07. The minimum atomic E-state index is -0.659. The molecule has 3 rings (SSSR count). The standard InChI is InChI=1S/C48H67BrO8/c1-3-5-7-9-17-21-35-53-41-28-24-39(25-29-41)46(50)56-43-32-33-45(44(38-43)48(52)55-37-23-19-15-13-11-12-14-16-20-34-49)57-47(51)40-26-30-42(31-27-40)54-36-22-18-10-8-6-4-2/h24-33,38H,3-23,34-37H2,1-2H3. The molecular weight excluding hydrogens is 784 g/mol. The van der Waals surface area contributed by atoms with Gasteiger partial charge >= 0.3 is 17.9 Å². The van der Waals surface area contributed by atoms with Gasteiger partial charge in [0, 0.05) is 5.33 Å². The van der Waals surface area contributed by atoms with Gasteiger partial charge in [-0.2, -0.15) is 0 Å². The first kappa shape index (κ1) is 47.5. The number of rotatable bonds is 32. The molecule has 0 amide bonds. The molecule has 57 heavy (non-hydrogen) atoms. The molecule has 0 saturated heterocycles. The molecule has 0 atom stereocenters. The molecule has 0 saturated carbocycles. The van der Waals surface area contributed by atoms with Crippen LogP contribution in [0, 0.1) is 0 Å². The smallest absolute Gasteiger partial charge is 0.343 e. The molecule has 0 N–H and O–H groups in total. The fraction of sp³-hybridized carbons (Fsp3) is 0.562. The summed E-state index contributed by atoms with van der Waals surface area (Å²) in [5.41, 5.74) is 0.633. The number of benzene rings is 3. The molecule has 0 radical (unpaired) electrons. The second-order valence-electron chi connectivity index (χ2n) is 14.7. The Labute approximate surface area is 350 Å².